The Kier molecular flexibility index (Phi) is 2.42. The van der Waals surface area contributed by atoms with E-state index < -0.39 is 0 Å². The molecular weight excluding hydrogens is 302 g/mol. The molecule has 0 spiro atoms. The molecule has 19 heavy (non-hydrogen) atoms. The zero-order valence-corrected chi connectivity index (χ0v) is 12.0. The highest BCUT2D eigenvalue weighted by Gasteiger charge is 2.33. The fourth-order valence-electron chi connectivity index (χ4n) is 2.77. The Morgan fingerprint density at radius 3 is 2.68 bits per heavy atom. The maximum absolute atomic E-state index is 6.03. The second-order valence-electron chi connectivity index (χ2n) is 5.40. The molecule has 0 amide bonds. The van der Waals surface area contributed by atoms with Gasteiger partial charge in [-0.15, -0.1) is 0 Å². The zero-order valence-electron chi connectivity index (χ0n) is 10.4. The third-order valence-corrected chi connectivity index (χ3v) is 4.86. The van der Waals surface area contributed by atoms with Gasteiger partial charge in [0, 0.05) is 11.8 Å². The molecule has 2 aromatic rings. The molecule has 3 nitrogen and oxygen atoms in total. The van der Waals surface area contributed by atoms with Crippen LogP contribution in [0.15, 0.2) is 28.7 Å². The third-order valence-electron chi connectivity index (χ3n) is 4.05. The summed E-state index contributed by atoms with van der Waals surface area (Å²) in [6.45, 7) is 0. The number of benzene rings is 1. The predicted molar refractivity (Wildman–Crippen MR) is 78.1 cm³/mol. The topological polar surface area (TPSA) is 51.8 Å². The molecule has 0 aliphatic heterocycles. The van der Waals surface area contributed by atoms with Crippen LogP contribution in [0.1, 0.15) is 47.3 Å². The van der Waals surface area contributed by atoms with Gasteiger partial charge < -0.3 is 5.73 Å². The molecule has 4 rings (SSSR count). The highest BCUT2D eigenvalue weighted by molar-refractivity contribution is 9.10. The van der Waals surface area contributed by atoms with Crippen LogP contribution in [-0.2, 0) is 6.42 Å². The molecule has 0 radical (unpaired) electrons. The number of nitrogen functional groups attached to an aromatic ring is 1. The van der Waals surface area contributed by atoms with Crippen LogP contribution < -0.4 is 5.73 Å². The molecule has 1 fully saturated rings. The van der Waals surface area contributed by atoms with Gasteiger partial charge in [-0.25, -0.2) is 9.97 Å². The van der Waals surface area contributed by atoms with Crippen molar-refractivity contribution in [3.05, 3.63) is 51.4 Å². The summed E-state index contributed by atoms with van der Waals surface area (Å²) in [5.41, 5.74) is 9.89. The van der Waals surface area contributed by atoms with Crippen molar-refractivity contribution < 1.29 is 0 Å². The van der Waals surface area contributed by atoms with E-state index >= 15 is 0 Å². The fraction of sp³-hybridized carbons (Fsp3) is 0.333. The van der Waals surface area contributed by atoms with Gasteiger partial charge in [0.05, 0.1) is 10.2 Å². The van der Waals surface area contributed by atoms with Crippen molar-refractivity contribution in [1.82, 2.24) is 9.97 Å². The largest absolute Gasteiger partial charge is 0.383 e. The number of aromatic nitrogens is 2. The van der Waals surface area contributed by atoms with Crippen LogP contribution in [0.4, 0.5) is 5.82 Å². The van der Waals surface area contributed by atoms with Gasteiger partial charge in [0.2, 0.25) is 0 Å². The first-order chi connectivity index (χ1) is 9.24. The van der Waals surface area contributed by atoms with E-state index in [0.717, 1.165) is 22.4 Å². The van der Waals surface area contributed by atoms with E-state index in [-0.39, 0.29) is 0 Å². The summed E-state index contributed by atoms with van der Waals surface area (Å²) in [5, 5.41) is 0. The first-order valence-electron chi connectivity index (χ1n) is 6.64. The number of halogens is 1. The molecule has 1 aromatic carbocycles. The minimum absolute atomic E-state index is 0.323. The van der Waals surface area contributed by atoms with Gasteiger partial charge in [0.25, 0.3) is 0 Å². The van der Waals surface area contributed by atoms with Crippen molar-refractivity contribution in [2.45, 2.75) is 31.1 Å². The number of hydrogen-bond acceptors (Lipinski definition) is 3. The maximum Gasteiger partial charge on any atom is 0.141 e. The summed E-state index contributed by atoms with van der Waals surface area (Å²) < 4.78 is 0.895. The lowest BCUT2D eigenvalue weighted by Gasteiger charge is -2.29. The molecule has 1 saturated carbocycles. The zero-order chi connectivity index (χ0) is 13.0. The van der Waals surface area contributed by atoms with Crippen molar-refractivity contribution in [3.63, 3.8) is 0 Å². The molecule has 2 N–H and O–H groups in total. The van der Waals surface area contributed by atoms with Gasteiger partial charge in [0.15, 0.2) is 0 Å². The predicted octanol–water partition coefficient (Wildman–Crippen LogP) is 3.39. The van der Waals surface area contributed by atoms with Gasteiger partial charge >= 0.3 is 0 Å². The second kappa shape index (κ2) is 4.04. The average molecular weight is 316 g/mol. The van der Waals surface area contributed by atoms with Gasteiger partial charge in [-0.05, 0) is 46.3 Å². The van der Waals surface area contributed by atoms with Crippen LogP contribution in [-0.4, -0.2) is 9.97 Å². The lowest BCUT2D eigenvalue weighted by Crippen LogP contribution is -2.21. The maximum atomic E-state index is 6.03. The summed E-state index contributed by atoms with van der Waals surface area (Å²) >= 11 is 3.53. The van der Waals surface area contributed by atoms with Crippen LogP contribution in [0.2, 0.25) is 0 Å². The Balaban J connectivity index is 1.77. The monoisotopic (exact) mass is 315 g/mol. The first kappa shape index (κ1) is 11.4. The van der Waals surface area contributed by atoms with E-state index in [1.54, 1.807) is 0 Å². The molecule has 96 valence electrons. The van der Waals surface area contributed by atoms with Gasteiger partial charge in [-0.3, -0.25) is 0 Å². The van der Waals surface area contributed by atoms with Crippen LogP contribution in [0.3, 0.4) is 0 Å². The number of nitrogens with zero attached hydrogens (tertiary/aromatic N) is 2. The number of anilines is 1. The van der Waals surface area contributed by atoms with Crippen LogP contribution >= 0.6 is 15.9 Å². The number of hydrogen-bond donors (Lipinski definition) is 1. The highest BCUT2D eigenvalue weighted by atomic mass is 79.9. The highest BCUT2D eigenvalue weighted by Crippen LogP contribution is 2.45. The average Bonchev–Trinajstić information content (AvgIpc) is 3.19. The molecule has 2 aliphatic carbocycles. The smallest absolute Gasteiger partial charge is 0.141 e. The van der Waals surface area contributed by atoms with Crippen molar-refractivity contribution in [2.24, 2.45) is 0 Å². The molecule has 1 aromatic heterocycles. The van der Waals surface area contributed by atoms with Gasteiger partial charge in [0.1, 0.15) is 11.6 Å². The van der Waals surface area contributed by atoms with Gasteiger partial charge in [-0.2, -0.15) is 0 Å². The Bertz CT molecular complexity index is 664. The second-order valence-corrected chi connectivity index (χ2v) is 6.19. The lowest BCUT2D eigenvalue weighted by atomic mass is 9.77. The standard InChI is InChI=1S/C15H14BrN3/c16-12-13(8-5-6-8)18-15(19-14(12)17)11-7-9-3-1-2-4-10(9)11/h1-4,8,11H,5-7H2,(H2,17,18,19). The Morgan fingerprint density at radius 2 is 1.95 bits per heavy atom. The van der Waals surface area contributed by atoms with E-state index in [9.17, 15) is 0 Å². The molecule has 1 atom stereocenters. The van der Waals surface area contributed by atoms with Crippen molar-refractivity contribution >= 4 is 21.7 Å². The SMILES string of the molecule is Nc1nc(C2Cc3ccccc32)nc(C2CC2)c1Br. The summed E-state index contributed by atoms with van der Waals surface area (Å²) in [6, 6.07) is 8.51. The summed E-state index contributed by atoms with van der Waals surface area (Å²) in [4.78, 5) is 9.26. The fourth-order valence-corrected chi connectivity index (χ4v) is 3.27. The molecule has 1 heterocycles. The third kappa shape index (κ3) is 1.77. The van der Waals surface area contributed by atoms with E-state index in [4.69, 9.17) is 10.7 Å². The number of fused-ring (bicyclic) bond motifs is 1. The lowest BCUT2D eigenvalue weighted by molar-refractivity contribution is 0.653. The summed E-state index contributed by atoms with van der Waals surface area (Å²) in [5.74, 6) is 2.37. The van der Waals surface area contributed by atoms with Crippen LogP contribution in [0.5, 0.6) is 0 Å². The van der Waals surface area contributed by atoms with Crippen molar-refractivity contribution in [1.29, 1.82) is 0 Å². The van der Waals surface area contributed by atoms with Crippen LogP contribution in [0.25, 0.3) is 0 Å². The Hall–Kier alpha value is -1.42. The minimum Gasteiger partial charge on any atom is -0.383 e. The molecule has 0 bridgehead atoms. The van der Waals surface area contributed by atoms with E-state index in [1.807, 2.05) is 0 Å². The minimum atomic E-state index is 0.323. The summed E-state index contributed by atoms with van der Waals surface area (Å²) in [6.07, 6.45) is 3.47. The van der Waals surface area contributed by atoms with Crippen molar-refractivity contribution in [2.75, 3.05) is 5.73 Å². The Labute approximate surface area is 120 Å². The molecule has 2 aliphatic rings. The molecule has 4 heteroatoms. The van der Waals surface area contributed by atoms with Crippen LogP contribution in [0, 0.1) is 0 Å². The first-order valence-corrected chi connectivity index (χ1v) is 7.44. The number of nitrogens with two attached hydrogens (primary N) is 1. The summed E-state index contributed by atoms with van der Waals surface area (Å²) in [7, 11) is 0. The quantitative estimate of drug-likeness (QED) is 0.924. The van der Waals surface area contributed by atoms with E-state index in [0.29, 0.717) is 17.7 Å². The Morgan fingerprint density at radius 1 is 1.16 bits per heavy atom. The van der Waals surface area contributed by atoms with Gasteiger partial charge in [-0.1, -0.05) is 24.3 Å². The normalized spacial score (nSPS) is 20.8. The van der Waals surface area contributed by atoms with E-state index in [1.165, 1.54) is 24.0 Å². The van der Waals surface area contributed by atoms with E-state index in [2.05, 4.69) is 45.2 Å². The van der Waals surface area contributed by atoms with Crippen molar-refractivity contribution in [3.8, 4) is 0 Å². The number of rotatable bonds is 2. The molecule has 1 unspecified atom stereocenters. The molecular formula is C15H14BrN3. The molecule has 0 saturated heterocycles.